The number of benzene rings is 1. The molecule has 1 aromatic carbocycles. The number of ether oxygens (including phenoxy) is 4. The van der Waals surface area contributed by atoms with Crippen LogP contribution in [0.4, 0.5) is 11.5 Å². The van der Waals surface area contributed by atoms with Crippen molar-refractivity contribution in [2.45, 2.75) is 19.9 Å². The van der Waals surface area contributed by atoms with E-state index in [0.717, 1.165) is 6.33 Å². The highest BCUT2D eigenvalue weighted by Crippen LogP contribution is 2.38. The van der Waals surface area contributed by atoms with Crippen LogP contribution in [0.15, 0.2) is 47.3 Å². The molecule has 0 amide bonds. The zero-order chi connectivity index (χ0) is 26.1. The van der Waals surface area contributed by atoms with Gasteiger partial charge in [0.25, 0.3) is 0 Å². The van der Waals surface area contributed by atoms with Gasteiger partial charge in [-0.05, 0) is 31.2 Å². The van der Waals surface area contributed by atoms with Crippen LogP contribution >= 0.6 is 0 Å². The molecule has 0 fully saturated rings. The number of carbonyl (C=O) groups excluding carboxylic acids is 2. The van der Waals surface area contributed by atoms with Crippen LogP contribution < -0.4 is 14.4 Å². The first-order valence-corrected chi connectivity index (χ1v) is 10.7. The second-order valence-corrected chi connectivity index (χ2v) is 7.12. The molecule has 13 heteroatoms. The molecular formula is C23H24N4O9. The third kappa shape index (κ3) is 6.25. The van der Waals surface area contributed by atoms with Gasteiger partial charge in [0.2, 0.25) is 5.82 Å². The minimum absolute atomic E-state index is 0.00233. The molecule has 0 N–H and O–H groups in total. The van der Waals surface area contributed by atoms with Crippen LogP contribution in [0.5, 0.6) is 17.4 Å². The molecule has 0 aliphatic carbocycles. The summed E-state index contributed by atoms with van der Waals surface area (Å²) in [7, 11) is 2.61. The largest absolute Gasteiger partial charge is 0.497 e. The summed E-state index contributed by atoms with van der Waals surface area (Å²) < 4.78 is 26.0. The van der Waals surface area contributed by atoms with E-state index in [2.05, 4.69) is 9.97 Å². The van der Waals surface area contributed by atoms with E-state index in [0.29, 0.717) is 11.5 Å². The zero-order valence-electron chi connectivity index (χ0n) is 19.8. The fraction of sp³-hybridized carbons (Fsp3) is 0.304. The molecule has 0 unspecified atom stereocenters. The first-order chi connectivity index (χ1) is 17.4. The minimum Gasteiger partial charge on any atom is -0.497 e. The third-order valence-corrected chi connectivity index (χ3v) is 4.87. The molecule has 0 saturated carbocycles. The van der Waals surface area contributed by atoms with E-state index in [1.807, 2.05) is 0 Å². The number of nitrogens with zero attached hydrogens (tertiary/aromatic N) is 4. The van der Waals surface area contributed by atoms with Crippen molar-refractivity contribution in [1.29, 1.82) is 0 Å². The molecule has 3 rings (SSSR count). The van der Waals surface area contributed by atoms with Gasteiger partial charge in [0.1, 0.15) is 29.2 Å². The van der Waals surface area contributed by atoms with E-state index >= 15 is 0 Å². The highest BCUT2D eigenvalue weighted by atomic mass is 16.6. The van der Waals surface area contributed by atoms with E-state index in [-0.39, 0.29) is 43.2 Å². The Morgan fingerprint density at radius 3 is 2.64 bits per heavy atom. The van der Waals surface area contributed by atoms with Gasteiger partial charge in [-0.2, -0.15) is 4.98 Å². The van der Waals surface area contributed by atoms with E-state index in [1.165, 1.54) is 43.6 Å². The van der Waals surface area contributed by atoms with Crippen molar-refractivity contribution in [2.24, 2.45) is 0 Å². The summed E-state index contributed by atoms with van der Waals surface area (Å²) in [5.41, 5.74) is -0.575. The highest BCUT2D eigenvalue weighted by Gasteiger charge is 2.30. The number of furan rings is 1. The average Bonchev–Trinajstić information content (AvgIpc) is 3.39. The van der Waals surface area contributed by atoms with Crippen LogP contribution in [0.25, 0.3) is 0 Å². The van der Waals surface area contributed by atoms with Gasteiger partial charge >= 0.3 is 23.5 Å². The standard InChI is InChI=1S/C23H24N4O9/c1-4-34-19(28)9-10-26(13-16-6-5-11-35-16)21-20(27(30)31)22(25-14-24-21)36-18-12-15(32-2)7-8-17(18)23(29)33-3/h5-8,11-12,14H,4,9-10,13H2,1-3H3. The van der Waals surface area contributed by atoms with Gasteiger partial charge in [0.05, 0.1) is 45.0 Å². The van der Waals surface area contributed by atoms with Crippen molar-refractivity contribution in [3.05, 3.63) is 64.4 Å². The first-order valence-electron chi connectivity index (χ1n) is 10.7. The van der Waals surface area contributed by atoms with Crippen molar-refractivity contribution < 1.29 is 37.9 Å². The molecule has 0 radical (unpaired) electrons. The topological polar surface area (TPSA) is 156 Å². The van der Waals surface area contributed by atoms with Crippen LogP contribution in [0.3, 0.4) is 0 Å². The average molecular weight is 500 g/mol. The first kappa shape index (κ1) is 25.9. The van der Waals surface area contributed by atoms with Crippen LogP contribution in [0.1, 0.15) is 29.5 Å². The molecule has 0 spiro atoms. The number of rotatable bonds is 12. The second-order valence-electron chi connectivity index (χ2n) is 7.12. The molecule has 2 heterocycles. The maximum Gasteiger partial charge on any atom is 0.373 e. The molecular weight excluding hydrogens is 476 g/mol. The highest BCUT2D eigenvalue weighted by molar-refractivity contribution is 5.93. The summed E-state index contributed by atoms with van der Waals surface area (Å²) in [5, 5.41) is 12.2. The molecule has 0 saturated heterocycles. The quantitative estimate of drug-likeness (QED) is 0.203. The summed E-state index contributed by atoms with van der Waals surface area (Å²) in [4.78, 5) is 45.2. The molecule has 36 heavy (non-hydrogen) atoms. The van der Waals surface area contributed by atoms with Crippen molar-refractivity contribution in [1.82, 2.24) is 9.97 Å². The monoisotopic (exact) mass is 500 g/mol. The van der Waals surface area contributed by atoms with Crippen LogP contribution in [0.2, 0.25) is 0 Å². The Bertz CT molecular complexity index is 1210. The maximum absolute atomic E-state index is 12.2. The van der Waals surface area contributed by atoms with Crippen molar-refractivity contribution in [2.75, 3.05) is 32.3 Å². The number of anilines is 1. The second kappa shape index (κ2) is 12.1. The normalized spacial score (nSPS) is 10.4. The number of methoxy groups -OCH3 is 2. The van der Waals surface area contributed by atoms with E-state index in [4.69, 9.17) is 23.4 Å². The lowest BCUT2D eigenvalue weighted by Gasteiger charge is -2.22. The Kier molecular flexibility index (Phi) is 8.75. The summed E-state index contributed by atoms with van der Waals surface area (Å²) in [6, 6.07) is 7.63. The number of hydrogen-bond donors (Lipinski definition) is 0. The zero-order valence-corrected chi connectivity index (χ0v) is 19.8. The molecule has 190 valence electrons. The lowest BCUT2D eigenvalue weighted by atomic mass is 10.2. The summed E-state index contributed by atoms with van der Waals surface area (Å²) in [6.45, 7) is 1.98. The number of aromatic nitrogens is 2. The molecule has 0 aliphatic heterocycles. The molecule has 13 nitrogen and oxygen atoms in total. The van der Waals surface area contributed by atoms with Crippen molar-refractivity contribution in [3.8, 4) is 17.4 Å². The van der Waals surface area contributed by atoms with Gasteiger partial charge in [0, 0.05) is 12.6 Å². The lowest BCUT2D eigenvalue weighted by Crippen LogP contribution is -2.28. The van der Waals surface area contributed by atoms with Gasteiger partial charge in [-0.1, -0.05) is 0 Å². The van der Waals surface area contributed by atoms with Crippen molar-refractivity contribution in [3.63, 3.8) is 0 Å². The minimum atomic E-state index is -0.724. The van der Waals surface area contributed by atoms with E-state index in [1.54, 1.807) is 19.1 Å². The third-order valence-electron chi connectivity index (χ3n) is 4.87. The summed E-state index contributed by atoms with van der Waals surface area (Å²) in [5.74, 6) is -0.999. The van der Waals surface area contributed by atoms with Crippen LogP contribution in [-0.4, -0.2) is 54.2 Å². The molecule has 3 aromatic rings. The SMILES string of the molecule is CCOC(=O)CCN(Cc1ccco1)c1ncnc(Oc2cc(OC)ccc2C(=O)OC)c1[N+](=O)[O-]. The smallest absolute Gasteiger partial charge is 0.373 e. The number of hydrogen-bond acceptors (Lipinski definition) is 12. The number of carbonyl (C=O) groups is 2. The summed E-state index contributed by atoms with van der Waals surface area (Å²) >= 11 is 0. The molecule has 0 atom stereocenters. The molecule has 0 aliphatic rings. The molecule has 2 aromatic heterocycles. The van der Waals surface area contributed by atoms with Gasteiger partial charge < -0.3 is 28.3 Å². The fourth-order valence-corrected chi connectivity index (χ4v) is 3.23. The Hall–Kier alpha value is -4.68. The van der Waals surface area contributed by atoms with E-state index in [9.17, 15) is 19.7 Å². The van der Waals surface area contributed by atoms with Gasteiger partial charge in [-0.3, -0.25) is 14.9 Å². The van der Waals surface area contributed by atoms with Crippen molar-refractivity contribution >= 4 is 23.4 Å². The Labute approximate surface area is 205 Å². The fourth-order valence-electron chi connectivity index (χ4n) is 3.23. The Morgan fingerprint density at radius 1 is 1.19 bits per heavy atom. The Balaban J connectivity index is 2.05. The maximum atomic E-state index is 12.2. The number of esters is 2. The number of nitro groups is 1. The lowest BCUT2D eigenvalue weighted by molar-refractivity contribution is -0.385. The predicted molar refractivity (Wildman–Crippen MR) is 124 cm³/mol. The van der Waals surface area contributed by atoms with Crippen LogP contribution in [-0.2, 0) is 20.8 Å². The van der Waals surface area contributed by atoms with Gasteiger partial charge in [-0.25, -0.2) is 9.78 Å². The van der Waals surface area contributed by atoms with E-state index < -0.39 is 28.4 Å². The predicted octanol–water partition coefficient (Wildman–Crippen LogP) is 3.53. The van der Waals surface area contributed by atoms with Gasteiger partial charge in [-0.15, -0.1) is 0 Å². The van der Waals surface area contributed by atoms with Gasteiger partial charge in [0.15, 0.2) is 0 Å². The summed E-state index contributed by atoms with van der Waals surface area (Å²) in [6.07, 6.45) is 2.47. The Morgan fingerprint density at radius 2 is 2.00 bits per heavy atom. The molecule has 0 bridgehead atoms. The van der Waals surface area contributed by atoms with Crippen LogP contribution in [0, 0.1) is 10.1 Å².